The number of thiophene rings is 1. The third-order valence-electron chi connectivity index (χ3n) is 6.07. The van der Waals surface area contributed by atoms with E-state index in [-0.39, 0.29) is 38.7 Å². The minimum atomic E-state index is -0.677. The fourth-order valence-electron chi connectivity index (χ4n) is 4.55. The number of carbonyl (C=O) groups is 2. The van der Waals surface area contributed by atoms with Crippen LogP contribution in [0.3, 0.4) is 0 Å². The Morgan fingerprint density at radius 1 is 1.16 bits per heavy atom. The summed E-state index contributed by atoms with van der Waals surface area (Å²) in [5, 5.41) is 13.6. The molecule has 1 aliphatic carbocycles. The number of ketones is 1. The van der Waals surface area contributed by atoms with E-state index in [1.54, 1.807) is 4.90 Å². The largest absolute Gasteiger partial charge is 0.507 e. The molecule has 2 heterocycles. The first-order valence-corrected chi connectivity index (χ1v) is 11.9. The standard InChI is InChI=1S/C23H23Cl2NO4S/c1-12-8-9-31-22(12)18-17(19(27)13-10-15(24)21(30-2)16(25)11-13)20(28)23(29)26(18)14-6-4-3-5-7-14/h8-11,14,18,27H,3-7H2,1-2H3/b19-17-. The van der Waals surface area contributed by atoms with Gasteiger partial charge in [-0.15, -0.1) is 11.3 Å². The highest BCUT2D eigenvalue weighted by atomic mass is 35.5. The van der Waals surface area contributed by atoms with Gasteiger partial charge in [0.25, 0.3) is 11.7 Å². The third kappa shape index (κ3) is 3.86. The molecule has 1 aliphatic heterocycles. The van der Waals surface area contributed by atoms with E-state index in [1.165, 1.54) is 30.6 Å². The summed E-state index contributed by atoms with van der Waals surface area (Å²) in [4.78, 5) is 28.9. The minimum absolute atomic E-state index is 0.0231. The molecule has 1 unspecified atom stereocenters. The van der Waals surface area contributed by atoms with E-state index in [9.17, 15) is 14.7 Å². The molecule has 4 rings (SSSR count). The second kappa shape index (κ2) is 8.85. The highest BCUT2D eigenvalue weighted by molar-refractivity contribution is 7.10. The van der Waals surface area contributed by atoms with Gasteiger partial charge >= 0.3 is 0 Å². The molecule has 2 aliphatic rings. The lowest BCUT2D eigenvalue weighted by molar-refractivity contribution is -0.141. The van der Waals surface area contributed by atoms with Crippen molar-refractivity contribution in [3.8, 4) is 5.75 Å². The van der Waals surface area contributed by atoms with E-state index in [0.717, 1.165) is 42.5 Å². The Labute approximate surface area is 195 Å². The van der Waals surface area contributed by atoms with E-state index in [1.807, 2.05) is 18.4 Å². The van der Waals surface area contributed by atoms with Gasteiger partial charge in [0, 0.05) is 16.5 Å². The van der Waals surface area contributed by atoms with Crippen LogP contribution in [-0.4, -0.2) is 34.8 Å². The Bertz CT molecular complexity index is 1050. The number of Topliss-reactive ketones (excluding diaryl/α,β-unsaturated/α-hetero) is 1. The van der Waals surface area contributed by atoms with Crippen LogP contribution in [0.1, 0.15) is 54.1 Å². The van der Waals surface area contributed by atoms with Crippen LogP contribution in [0.25, 0.3) is 5.76 Å². The monoisotopic (exact) mass is 479 g/mol. The molecule has 2 aromatic rings. The molecule has 8 heteroatoms. The fraction of sp³-hybridized carbons (Fsp3) is 0.391. The number of methoxy groups -OCH3 is 1. The molecule has 1 saturated carbocycles. The molecule has 1 N–H and O–H groups in total. The van der Waals surface area contributed by atoms with Crippen LogP contribution in [0.5, 0.6) is 5.75 Å². The molecule has 0 bridgehead atoms. The van der Waals surface area contributed by atoms with Gasteiger partial charge in [0.05, 0.1) is 22.7 Å². The van der Waals surface area contributed by atoms with Crippen LogP contribution >= 0.6 is 34.5 Å². The summed E-state index contributed by atoms with van der Waals surface area (Å²) in [6.45, 7) is 1.95. The third-order valence-corrected chi connectivity index (χ3v) is 7.71. The van der Waals surface area contributed by atoms with Crippen LogP contribution in [0, 0.1) is 6.92 Å². The molecule has 31 heavy (non-hydrogen) atoms. The SMILES string of the molecule is COc1c(Cl)cc(/C(O)=C2/C(=O)C(=O)N(C3CCCCC3)C2c2sccc2C)cc1Cl. The number of halogens is 2. The highest BCUT2D eigenvalue weighted by Crippen LogP contribution is 2.46. The van der Waals surface area contributed by atoms with Crippen molar-refractivity contribution in [2.24, 2.45) is 0 Å². The van der Waals surface area contributed by atoms with Gasteiger partial charge in [0.15, 0.2) is 5.75 Å². The Morgan fingerprint density at radius 2 is 1.81 bits per heavy atom. The summed E-state index contributed by atoms with van der Waals surface area (Å²) < 4.78 is 5.18. The van der Waals surface area contributed by atoms with Crippen molar-refractivity contribution in [3.63, 3.8) is 0 Å². The zero-order valence-electron chi connectivity index (χ0n) is 17.3. The maximum absolute atomic E-state index is 13.2. The van der Waals surface area contributed by atoms with Crippen LogP contribution in [0.15, 0.2) is 29.2 Å². The summed E-state index contributed by atoms with van der Waals surface area (Å²) in [7, 11) is 1.45. The second-order valence-corrected chi connectivity index (χ2v) is 9.70. The smallest absolute Gasteiger partial charge is 0.295 e. The van der Waals surface area contributed by atoms with Gasteiger partial charge in [-0.2, -0.15) is 0 Å². The van der Waals surface area contributed by atoms with Crippen molar-refractivity contribution in [2.45, 2.75) is 51.1 Å². The molecular weight excluding hydrogens is 457 g/mol. The number of likely N-dealkylation sites (tertiary alicyclic amines) is 1. The number of benzene rings is 1. The number of aliphatic hydroxyl groups is 1. The first-order valence-electron chi connectivity index (χ1n) is 10.2. The first-order chi connectivity index (χ1) is 14.8. The van der Waals surface area contributed by atoms with Crippen LogP contribution in [0.4, 0.5) is 0 Å². The minimum Gasteiger partial charge on any atom is -0.507 e. The van der Waals surface area contributed by atoms with Crippen LogP contribution in [-0.2, 0) is 9.59 Å². The summed E-state index contributed by atoms with van der Waals surface area (Å²) in [5.74, 6) is -1.23. The molecule has 1 saturated heterocycles. The average Bonchev–Trinajstić information content (AvgIpc) is 3.28. The topological polar surface area (TPSA) is 66.8 Å². The number of nitrogens with zero attached hydrogens (tertiary/aromatic N) is 1. The van der Waals surface area contributed by atoms with Gasteiger partial charge in [0.2, 0.25) is 0 Å². The van der Waals surface area contributed by atoms with Crippen molar-refractivity contribution in [3.05, 3.63) is 55.2 Å². The lowest BCUT2D eigenvalue weighted by Crippen LogP contribution is -2.40. The van der Waals surface area contributed by atoms with Crippen molar-refractivity contribution in [1.29, 1.82) is 0 Å². The molecule has 164 valence electrons. The molecule has 5 nitrogen and oxygen atoms in total. The Kier molecular flexibility index (Phi) is 6.33. The van der Waals surface area contributed by atoms with Crippen LogP contribution in [0.2, 0.25) is 10.0 Å². The van der Waals surface area contributed by atoms with Gasteiger partial charge in [-0.05, 0) is 48.9 Å². The van der Waals surface area contributed by atoms with E-state index < -0.39 is 17.7 Å². The molecule has 2 fully saturated rings. The number of aryl methyl sites for hydroxylation is 1. The van der Waals surface area contributed by atoms with Crippen molar-refractivity contribution in [1.82, 2.24) is 4.90 Å². The number of ether oxygens (including phenoxy) is 1. The van der Waals surface area contributed by atoms with Gasteiger partial charge in [0.1, 0.15) is 11.8 Å². The zero-order chi connectivity index (χ0) is 22.3. The van der Waals surface area contributed by atoms with Gasteiger partial charge in [-0.25, -0.2) is 0 Å². The number of amides is 1. The predicted molar refractivity (Wildman–Crippen MR) is 123 cm³/mol. The lowest BCUT2D eigenvalue weighted by Gasteiger charge is -2.35. The number of rotatable bonds is 4. The molecule has 1 amide bonds. The zero-order valence-corrected chi connectivity index (χ0v) is 19.6. The average molecular weight is 480 g/mol. The molecule has 1 atom stereocenters. The maximum atomic E-state index is 13.2. The van der Waals surface area contributed by atoms with Crippen LogP contribution < -0.4 is 4.74 Å². The van der Waals surface area contributed by atoms with Gasteiger partial charge < -0.3 is 14.7 Å². The number of carbonyl (C=O) groups excluding carboxylic acids is 2. The lowest BCUT2D eigenvalue weighted by atomic mass is 9.92. The number of hydrogen-bond donors (Lipinski definition) is 1. The number of hydrogen-bond acceptors (Lipinski definition) is 5. The fourth-order valence-corrected chi connectivity index (χ4v) is 6.23. The summed E-state index contributed by atoms with van der Waals surface area (Å²) in [6.07, 6.45) is 4.88. The Morgan fingerprint density at radius 3 is 2.35 bits per heavy atom. The highest BCUT2D eigenvalue weighted by Gasteiger charge is 2.49. The summed E-state index contributed by atoms with van der Waals surface area (Å²) in [5.41, 5.74) is 1.34. The Hall–Kier alpha value is -2.02. The first kappa shape index (κ1) is 22.2. The molecular formula is C23H23Cl2NO4S. The van der Waals surface area contributed by atoms with Crippen molar-refractivity contribution in [2.75, 3.05) is 7.11 Å². The summed E-state index contributed by atoms with van der Waals surface area (Å²) >= 11 is 14.0. The normalized spacial score (nSPS) is 21.7. The van der Waals surface area contributed by atoms with Crippen molar-refractivity contribution < 1.29 is 19.4 Å². The molecule has 1 aromatic carbocycles. The quantitative estimate of drug-likeness (QED) is 0.325. The van der Waals surface area contributed by atoms with Gasteiger partial charge in [-0.3, -0.25) is 9.59 Å². The Balaban J connectivity index is 1.89. The van der Waals surface area contributed by atoms with E-state index in [0.29, 0.717) is 0 Å². The molecule has 0 spiro atoms. The van der Waals surface area contributed by atoms with E-state index >= 15 is 0 Å². The predicted octanol–water partition coefficient (Wildman–Crippen LogP) is 6.13. The summed E-state index contributed by atoms with van der Waals surface area (Å²) in [6, 6.07) is 4.30. The maximum Gasteiger partial charge on any atom is 0.295 e. The molecule has 0 radical (unpaired) electrons. The second-order valence-electron chi connectivity index (χ2n) is 7.94. The van der Waals surface area contributed by atoms with E-state index in [2.05, 4.69) is 0 Å². The number of aliphatic hydroxyl groups excluding tert-OH is 1. The van der Waals surface area contributed by atoms with Gasteiger partial charge in [-0.1, -0.05) is 42.5 Å². The molecule has 1 aromatic heterocycles. The van der Waals surface area contributed by atoms with Crippen molar-refractivity contribution >= 4 is 52.0 Å². The van der Waals surface area contributed by atoms with E-state index in [4.69, 9.17) is 27.9 Å².